The standard InChI is InChI=1S/C31H34Cl2N6O5/c1-6-28(41)36-24-15-22(39-11-9-38(10-12-39)19(2)40)8-7-20(24)13-21-14-27(35-18-34-21)37(3)29(42)16-23-30(32)25(43-4)17-26(44-5)31(23)33/h6-8,14-15,17-18H,1,9-13,16H2,2-5H3,(H,36,41). The predicted octanol–water partition coefficient (Wildman–Crippen LogP) is 4.39. The summed E-state index contributed by atoms with van der Waals surface area (Å²) in [5, 5.41) is 3.35. The first-order chi connectivity index (χ1) is 21.1. The fourth-order valence-corrected chi connectivity index (χ4v) is 5.48. The van der Waals surface area contributed by atoms with Crippen LogP contribution < -0.4 is 24.6 Å². The quantitative estimate of drug-likeness (QED) is 0.324. The van der Waals surface area contributed by atoms with Crippen LogP contribution in [0.2, 0.25) is 10.0 Å². The first-order valence-electron chi connectivity index (χ1n) is 13.8. The van der Waals surface area contributed by atoms with Crippen LogP contribution in [0.25, 0.3) is 0 Å². The van der Waals surface area contributed by atoms with Gasteiger partial charge in [0.25, 0.3) is 0 Å². The van der Waals surface area contributed by atoms with E-state index in [2.05, 4.69) is 26.8 Å². The first kappa shape index (κ1) is 32.6. The molecule has 11 nitrogen and oxygen atoms in total. The summed E-state index contributed by atoms with van der Waals surface area (Å²) in [7, 11) is 4.53. The highest BCUT2D eigenvalue weighted by Gasteiger charge is 2.23. The molecule has 1 N–H and O–H groups in total. The van der Waals surface area contributed by atoms with Crippen LogP contribution in [0.4, 0.5) is 17.2 Å². The van der Waals surface area contributed by atoms with Crippen molar-refractivity contribution in [1.82, 2.24) is 14.9 Å². The molecule has 1 saturated heterocycles. The van der Waals surface area contributed by atoms with Crippen molar-refractivity contribution in [3.05, 3.63) is 76.2 Å². The van der Waals surface area contributed by atoms with Gasteiger partial charge in [0.2, 0.25) is 17.7 Å². The summed E-state index contributed by atoms with van der Waals surface area (Å²) in [6.07, 6.45) is 2.82. The molecule has 0 unspecified atom stereocenters. The summed E-state index contributed by atoms with van der Waals surface area (Å²) in [5.74, 6) is 0.451. The van der Waals surface area contributed by atoms with Gasteiger partial charge in [-0.2, -0.15) is 0 Å². The van der Waals surface area contributed by atoms with Crippen molar-refractivity contribution in [3.8, 4) is 11.5 Å². The molecule has 0 aliphatic carbocycles. The SMILES string of the molecule is C=CC(=O)Nc1cc(N2CCN(C(C)=O)CC2)ccc1Cc1cc(N(C)C(=O)Cc2c(Cl)c(OC)cc(OC)c2Cl)ncn1. The third kappa shape index (κ3) is 7.40. The van der Waals surface area contributed by atoms with Crippen molar-refractivity contribution in [2.24, 2.45) is 0 Å². The lowest BCUT2D eigenvalue weighted by Gasteiger charge is -2.36. The second-order valence-corrected chi connectivity index (χ2v) is 10.8. The zero-order chi connectivity index (χ0) is 32.0. The van der Waals surface area contributed by atoms with Crippen LogP contribution in [0.5, 0.6) is 11.5 Å². The zero-order valence-electron chi connectivity index (χ0n) is 25.0. The third-order valence-corrected chi connectivity index (χ3v) is 8.25. The predicted molar refractivity (Wildman–Crippen MR) is 171 cm³/mol. The first-order valence-corrected chi connectivity index (χ1v) is 14.5. The maximum atomic E-state index is 13.3. The fraction of sp³-hybridized carbons (Fsp3) is 0.323. The lowest BCUT2D eigenvalue weighted by molar-refractivity contribution is -0.129. The normalized spacial score (nSPS) is 12.9. The van der Waals surface area contributed by atoms with Gasteiger partial charge in [-0.3, -0.25) is 19.3 Å². The molecule has 1 aromatic heterocycles. The van der Waals surface area contributed by atoms with E-state index < -0.39 is 0 Å². The maximum absolute atomic E-state index is 13.3. The van der Waals surface area contributed by atoms with Gasteiger partial charge in [0, 0.05) is 75.6 Å². The molecule has 4 rings (SSSR count). The van der Waals surface area contributed by atoms with Crippen molar-refractivity contribution in [2.45, 2.75) is 19.8 Å². The molecule has 44 heavy (non-hydrogen) atoms. The Morgan fingerprint density at radius 3 is 2.27 bits per heavy atom. The largest absolute Gasteiger partial charge is 0.495 e. The summed E-state index contributed by atoms with van der Waals surface area (Å²) >= 11 is 13.0. The monoisotopic (exact) mass is 640 g/mol. The summed E-state index contributed by atoms with van der Waals surface area (Å²) < 4.78 is 10.6. The van der Waals surface area contributed by atoms with E-state index in [0.717, 1.165) is 11.3 Å². The van der Waals surface area contributed by atoms with Gasteiger partial charge in [-0.05, 0) is 23.8 Å². The second kappa shape index (κ2) is 14.4. The highest BCUT2D eigenvalue weighted by atomic mass is 35.5. The van der Waals surface area contributed by atoms with Crippen LogP contribution in [0, 0.1) is 0 Å². The Labute approximate surface area is 266 Å². The van der Waals surface area contributed by atoms with Crippen molar-refractivity contribution in [2.75, 3.05) is 62.6 Å². The molecule has 3 aromatic rings. The lowest BCUT2D eigenvalue weighted by atomic mass is 10.0. The molecule has 3 amide bonds. The molecule has 2 aromatic carbocycles. The number of anilines is 3. The summed E-state index contributed by atoms with van der Waals surface area (Å²) in [5.41, 5.74) is 3.36. The minimum absolute atomic E-state index is 0.0589. The van der Waals surface area contributed by atoms with Gasteiger partial charge >= 0.3 is 0 Å². The molecule has 13 heteroatoms. The van der Waals surface area contributed by atoms with Crippen LogP contribution >= 0.6 is 23.2 Å². The van der Waals surface area contributed by atoms with Crippen LogP contribution in [0.3, 0.4) is 0 Å². The van der Waals surface area contributed by atoms with E-state index in [-0.39, 0.29) is 34.2 Å². The number of amides is 3. The number of carbonyl (C=O) groups is 3. The number of aromatic nitrogens is 2. The van der Waals surface area contributed by atoms with Gasteiger partial charge in [0.1, 0.15) is 23.6 Å². The van der Waals surface area contributed by atoms with Crippen LogP contribution in [0.15, 0.2) is 49.3 Å². The molecule has 1 fully saturated rings. The highest BCUT2D eigenvalue weighted by molar-refractivity contribution is 6.38. The van der Waals surface area contributed by atoms with Crippen molar-refractivity contribution >= 4 is 58.1 Å². The number of piperazine rings is 1. The Bertz CT molecular complexity index is 1550. The average molecular weight is 642 g/mol. The Hall–Kier alpha value is -4.35. The van der Waals surface area contributed by atoms with Crippen molar-refractivity contribution in [3.63, 3.8) is 0 Å². The molecular weight excluding hydrogens is 607 g/mol. The topological polar surface area (TPSA) is 117 Å². The van der Waals surface area contributed by atoms with Crippen LogP contribution in [0.1, 0.15) is 23.7 Å². The number of hydrogen-bond donors (Lipinski definition) is 1. The summed E-state index contributed by atoms with van der Waals surface area (Å²) in [6, 6.07) is 9.10. The van der Waals surface area contributed by atoms with Crippen LogP contribution in [-0.4, -0.2) is 80.0 Å². The average Bonchev–Trinajstić information content (AvgIpc) is 3.03. The molecule has 232 valence electrons. The Morgan fingerprint density at radius 1 is 1.02 bits per heavy atom. The number of halogens is 2. The van der Waals surface area contributed by atoms with E-state index in [1.54, 1.807) is 26.1 Å². The number of nitrogens with one attached hydrogen (secondary N) is 1. The van der Waals surface area contributed by atoms with E-state index >= 15 is 0 Å². The number of hydrogen-bond acceptors (Lipinski definition) is 8. The van der Waals surface area contributed by atoms with Gasteiger partial charge < -0.3 is 24.6 Å². The zero-order valence-corrected chi connectivity index (χ0v) is 26.5. The number of nitrogens with zero attached hydrogens (tertiary/aromatic N) is 5. The third-order valence-electron chi connectivity index (χ3n) is 7.42. The Morgan fingerprint density at radius 2 is 1.68 bits per heavy atom. The van der Waals surface area contributed by atoms with Gasteiger partial charge in [-0.1, -0.05) is 35.8 Å². The molecule has 1 aliphatic rings. The Kier molecular flexibility index (Phi) is 10.7. The minimum atomic E-state index is -0.343. The van der Waals surface area contributed by atoms with Gasteiger partial charge in [-0.15, -0.1) is 0 Å². The maximum Gasteiger partial charge on any atom is 0.247 e. The molecule has 0 bridgehead atoms. The van der Waals surface area contributed by atoms with Gasteiger partial charge in [0.15, 0.2) is 0 Å². The number of carbonyl (C=O) groups excluding carboxylic acids is 3. The molecule has 0 spiro atoms. The number of likely N-dealkylation sites (N-methyl/N-ethyl adjacent to an activating group) is 1. The van der Waals surface area contributed by atoms with Gasteiger partial charge in [-0.25, -0.2) is 9.97 Å². The fourth-order valence-electron chi connectivity index (χ4n) is 4.85. The Balaban J connectivity index is 1.55. The molecule has 0 saturated carbocycles. The molecule has 0 atom stereocenters. The molecule has 1 aliphatic heterocycles. The van der Waals surface area contributed by atoms with Crippen molar-refractivity contribution in [1.29, 1.82) is 0 Å². The minimum Gasteiger partial charge on any atom is -0.495 e. The molecule has 0 radical (unpaired) electrons. The number of rotatable bonds is 10. The van der Waals surface area contributed by atoms with Crippen molar-refractivity contribution < 1.29 is 23.9 Å². The number of methoxy groups -OCH3 is 2. The highest BCUT2D eigenvalue weighted by Crippen LogP contribution is 2.40. The number of benzene rings is 2. The van der Waals surface area contributed by atoms with Crippen LogP contribution in [-0.2, 0) is 27.2 Å². The lowest BCUT2D eigenvalue weighted by Crippen LogP contribution is -2.48. The van der Waals surface area contributed by atoms with E-state index in [1.807, 2.05) is 23.1 Å². The molecular formula is C31H34Cl2N6O5. The summed E-state index contributed by atoms with van der Waals surface area (Å²) in [4.78, 5) is 51.4. The van der Waals surface area contributed by atoms with Gasteiger partial charge in [0.05, 0.1) is 36.4 Å². The molecule has 2 heterocycles. The smallest absolute Gasteiger partial charge is 0.247 e. The number of ether oxygens (including phenoxy) is 2. The van der Waals surface area contributed by atoms with E-state index in [4.69, 9.17) is 32.7 Å². The second-order valence-electron chi connectivity index (χ2n) is 10.1. The van der Waals surface area contributed by atoms with E-state index in [0.29, 0.717) is 66.9 Å². The summed E-state index contributed by atoms with van der Waals surface area (Å²) in [6.45, 7) is 7.76. The van der Waals surface area contributed by atoms with E-state index in [1.165, 1.54) is 31.5 Å². The van der Waals surface area contributed by atoms with E-state index in [9.17, 15) is 14.4 Å².